The van der Waals surface area contributed by atoms with Crippen molar-refractivity contribution in [3.63, 3.8) is 0 Å². The lowest BCUT2D eigenvalue weighted by molar-refractivity contribution is 0.110. The molecule has 106 valence electrons. The first kappa shape index (κ1) is 13.4. The minimum Gasteiger partial charge on any atom is -0.393 e. The molecule has 0 bridgehead atoms. The van der Waals surface area contributed by atoms with Crippen molar-refractivity contribution in [2.75, 3.05) is 18.5 Å². The fourth-order valence-corrected chi connectivity index (χ4v) is 3.35. The molecule has 1 fully saturated rings. The average molecular weight is 269 g/mol. The van der Waals surface area contributed by atoms with Crippen LogP contribution in [0.15, 0.2) is 42.5 Å². The van der Waals surface area contributed by atoms with Gasteiger partial charge in [-0.3, -0.25) is 0 Å². The highest BCUT2D eigenvalue weighted by Crippen LogP contribution is 2.29. The Morgan fingerprint density at radius 1 is 1.00 bits per heavy atom. The van der Waals surface area contributed by atoms with Gasteiger partial charge in [0, 0.05) is 24.7 Å². The van der Waals surface area contributed by atoms with E-state index >= 15 is 0 Å². The van der Waals surface area contributed by atoms with Gasteiger partial charge in [0.05, 0.1) is 6.10 Å². The smallest absolute Gasteiger partial charge is 0.0540 e. The van der Waals surface area contributed by atoms with Crippen LogP contribution in [0.4, 0.5) is 5.69 Å². The summed E-state index contributed by atoms with van der Waals surface area (Å²) in [7, 11) is 2.19. The monoisotopic (exact) mass is 269 g/mol. The second-order valence-electron chi connectivity index (χ2n) is 6.05. The molecule has 0 atom stereocenters. The Morgan fingerprint density at radius 3 is 2.50 bits per heavy atom. The first-order valence-corrected chi connectivity index (χ1v) is 7.61. The van der Waals surface area contributed by atoms with Crippen LogP contribution in [0.5, 0.6) is 0 Å². The van der Waals surface area contributed by atoms with E-state index in [-0.39, 0.29) is 6.10 Å². The molecular weight excluding hydrogens is 246 g/mol. The minimum absolute atomic E-state index is 0.0610. The molecule has 1 N–H and O–H groups in total. The third-order valence-electron chi connectivity index (χ3n) is 4.53. The molecule has 0 spiro atoms. The Hall–Kier alpha value is -1.54. The lowest BCUT2D eigenvalue weighted by atomic mass is 9.87. The van der Waals surface area contributed by atoms with Gasteiger partial charge < -0.3 is 10.0 Å². The van der Waals surface area contributed by atoms with Crippen LogP contribution in [0, 0.1) is 5.92 Å². The van der Waals surface area contributed by atoms with Crippen molar-refractivity contribution in [2.24, 2.45) is 5.92 Å². The van der Waals surface area contributed by atoms with Gasteiger partial charge in [-0.05, 0) is 43.1 Å². The summed E-state index contributed by atoms with van der Waals surface area (Å²) in [6.07, 6.45) is 4.17. The maximum absolute atomic E-state index is 9.61. The first-order chi connectivity index (χ1) is 9.74. The SMILES string of the molecule is CN(CC1CCC(O)CC1)c1cccc2ccccc12. The zero-order valence-electron chi connectivity index (χ0n) is 12.1. The summed E-state index contributed by atoms with van der Waals surface area (Å²) in [6, 6.07) is 15.1. The van der Waals surface area contributed by atoms with Gasteiger partial charge in [-0.2, -0.15) is 0 Å². The third-order valence-corrected chi connectivity index (χ3v) is 4.53. The van der Waals surface area contributed by atoms with Gasteiger partial charge in [-0.25, -0.2) is 0 Å². The molecule has 1 saturated carbocycles. The molecule has 0 radical (unpaired) electrons. The van der Waals surface area contributed by atoms with Gasteiger partial charge >= 0.3 is 0 Å². The topological polar surface area (TPSA) is 23.5 Å². The van der Waals surface area contributed by atoms with Crippen LogP contribution in [0.2, 0.25) is 0 Å². The Kier molecular flexibility index (Phi) is 3.93. The standard InChI is InChI=1S/C18H23NO/c1-19(13-14-9-11-16(20)12-10-14)18-8-4-6-15-5-2-3-7-17(15)18/h2-8,14,16,20H,9-13H2,1H3. The lowest BCUT2D eigenvalue weighted by Gasteiger charge is -2.30. The van der Waals surface area contributed by atoms with E-state index in [0.29, 0.717) is 5.92 Å². The highest BCUT2D eigenvalue weighted by atomic mass is 16.3. The van der Waals surface area contributed by atoms with E-state index in [1.807, 2.05) is 0 Å². The molecule has 20 heavy (non-hydrogen) atoms. The normalized spacial score (nSPS) is 22.9. The number of fused-ring (bicyclic) bond motifs is 1. The van der Waals surface area contributed by atoms with Gasteiger partial charge in [-0.15, -0.1) is 0 Å². The van der Waals surface area contributed by atoms with Crippen LogP contribution in [0.3, 0.4) is 0 Å². The molecule has 1 aliphatic rings. The largest absolute Gasteiger partial charge is 0.393 e. The van der Waals surface area contributed by atoms with Gasteiger partial charge in [0.1, 0.15) is 0 Å². The third kappa shape index (κ3) is 2.80. The summed E-state index contributed by atoms with van der Waals surface area (Å²) in [5, 5.41) is 12.2. The Labute approximate surface area is 121 Å². The summed E-state index contributed by atoms with van der Waals surface area (Å²) in [5.74, 6) is 0.711. The molecule has 2 aromatic rings. The summed E-state index contributed by atoms with van der Waals surface area (Å²) in [6.45, 7) is 1.08. The number of nitrogens with zero attached hydrogens (tertiary/aromatic N) is 1. The van der Waals surface area contributed by atoms with E-state index in [2.05, 4.69) is 54.4 Å². The number of hydrogen-bond donors (Lipinski definition) is 1. The van der Waals surface area contributed by atoms with Gasteiger partial charge in [0.2, 0.25) is 0 Å². The second kappa shape index (κ2) is 5.84. The van der Waals surface area contributed by atoms with E-state index in [0.717, 1.165) is 32.2 Å². The lowest BCUT2D eigenvalue weighted by Crippen LogP contribution is -2.29. The molecule has 2 heteroatoms. The first-order valence-electron chi connectivity index (χ1n) is 7.61. The number of rotatable bonds is 3. The molecular formula is C18H23NO. The maximum atomic E-state index is 9.61. The van der Waals surface area contributed by atoms with Crippen molar-refractivity contribution < 1.29 is 5.11 Å². The predicted molar refractivity (Wildman–Crippen MR) is 85.2 cm³/mol. The Morgan fingerprint density at radius 2 is 1.70 bits per heavy atom. The molecule has 2 nitrogen and oxygen atoms in total. The molecule has 3 rings (SSSR count). The van der Waals surface area contributed by atoms with E-state index < -0.39 is 0 Å². The number of benzene rings is 2. The number of anilines is 1. The molecule has 1 aliphatic carbocycles. The Bertz CT molecular complexity index is 567. The van der Waals surface area contributed by atoms with Crippen molar-refractivity contribution in [1.29, 1.82) is 0 Å². The van der Waals surface area contributed by atoms with Crippen molar-refractivity contribution in [3.05, 3.63) is 42.5 Å². The molecule has 0 amide bonds. The van der Waals surface area contributed by atoms with E-state index in [1.165, 1.54) is 16.5 Å². The number of aliphatic hydroxyl groups is 1. The van der Waals surface area contributed by atoms with E-state index in [1.54, 1.807) is 0 Å². The van der Waals surface area contributed by atoms with Crippen molar-refractivity contribution >= 4 is 16.5 Å². The zero-order chi connectivity index (χ0) is 13.9. The summed E-state index contributed by atoms with van der Waals surface area (Å²) in [5.41, 5.74) is 1.31. The molecule has 0 heterocycles. The maximum Gasteiger partial charge on any atom is 0.0540 e. The van der Waals surface area contributed by atoms with E-state index in [4.69, 9.17) is 0 Å². The van der Waals surface area contributed by atoms with Gasteiger partial charge in [0.15, 0.2) is 0 Å². The van der Waals surface area contributed by atoms with Crippen molar-refractivity contribution in [3.8, 4) is 0 Å². The number of aliphatic hydroxyl groups excluding tert-OH is 1. The predicted octanol–water partition coefficient (Wildman–Crippen LogP) is 3.83. The van der Waals surface area contributed by atoms with Gasteiger partial charge in [-0.1, -0.05) is 36.4 Å². The van der Waals surface area contributed by atoms with Crippen LogP contribution in [-0.4, -0.2) is 24.8 Å². The zero-order valence-corrected chi connectivity index (χ0v) is 12.1. The molecule has 0 unspecified atom stereocenters. The molecule has 0 aromatic heterocycles. The van der Waals surface area contributed by atoms with Crippen LogP contribution in [-0.2, 0) is 0 Å². The van der Waals surface area contributed by atoms with Crippen LogP contribution < -0.4 is 4.90 Å². The van der Waals surface area contributed by atoms with Crippen molar-refractivity contribution in [2.45, 2.75) is 31.8 Å². The highest BCUT2D eigenvalue weighted by molar-refractivity contribution is 5.94. The molecule has 0 saturated heterocycles. The Balaban J connectivity index is 1.77. The van der Waals surface area contributed by atoms with Gasteiger partial charge in [0.25, 0.3) is 0 Å². The number of hydrogen-bond acceptors (Lipinski definition) is 2. The highest BCUT2D eigenvalue weighted by Gasteiger charge is 2.21. The molecule has 0 aliphatic heterocycles. The fourth-order valence-electron chi connectivity index (χ4n) is 3.35. The second-order valence-corrected chi connectivity index (χ2v) is 6.05. The van der Waals surface area contributed by atoms with Crippen LogP contribution in [0.25, 0.3) is 10.8 Å². The summed E-state index contributed by atoms with van der Waals surface area (Å²) in [4.78, 5) is 2.38. The summed E-state index contributed by atoms with van der Waals surface area (Å²) >= 11 is 0. The fraction of sp³-hybridized carbons (Fsp3) is 0.444. The van der Waals surface area contributed by atoms with Crippen LogP contribution >= 0.6 is 0 Å². The van der Waals surface area contributed by atoms with Crippen LogP contribution in [0.1, 0.15) is 25.7 Å². The van der Waals surface area contributed by atoms with Crippen molar-refractivity contribution in [1.82, 2.24) is 0 Å². The molecule has 2 aromatic carbocycles. The minimum atomic E-state index is -0.0610. The average Bonchev–Trinajstić information content (AvgIpc) is 2.49. The summed E-state index contributed by atoms with van der Waals surface area (Å²) < 4.78 is 0. The van der Waals surface area contributed by atoms with E-state index in [9.17, 15) is 5.11 Å². The quantitative estimate of drug-likeness (QED) is 0.915.